The molecule has 0 unspecified atom stereocenters. The lowest BCUT2D eigenvalue weighted by Gasteiger charge is -2.28. The topological polar surface area (TPSA) is 81.2 Å². The molecule has 3 aromatic rings. The number of hydrogen-bond donors (Lipinski definition) is 1. The van der Waals surface area contributed by atoms with Gasteiger partial charge in [0.2, 0.25) is 0 Å². The number of nitrogens with one attached hydrogen (secondary N) is 1. The number of aromatic nitrogens is 2. The van der Waals surface area contributed by atoms with Crippen LogP contribution in [-0.4, -0.2) is 25.0 Å². The molecular formula is C20H15F3IN3O3S. The van der Waals surface area contributed by atoms with Crippen molar-refractivity contribution in [1.82, 2.24) is 9.97 Å². The van der Waals surface area contributed by atoms with Crippen LogP contribution < -0.4 is 9.46 Å². The predicted octanol–water partition coefficient (Wildman–Crippen LogP) is 4.82. The van der Waals surface area contributed by atoms with Crippen LogP contribution in [0, 0.1) is 3.57 Å². The van der Waals surface area contributed by atoms with Gasteiger partial charge >= 0.3 is 6.18 Å². The van der Waals surface area contributed by atoms with Gasteiger partial charge in [-0.15, -0.1) is 0 Å². The third-order valence-corrected chi connectivity index (χ3v) is 7.15. The Morgan fingerprint density at radius 1 is 1.10 bits per heavy atom. The predicted molar refractivity (Wildman–Crippen MR) is 115 cm³/mol. The first-order chi connectivity index (χ1) is 14.6. The molecule has 11 heteroatoms. The summed E-state index contributed by atoms with van der Waals surface area (Å²) in [4.78, 5) is 7.58. The molecule has 1 aliphatic heterocycles. The van der Waals surface area contributed by atoms with E-state index in [1.165, 1.54) is 36.8 Å². The first-order valence-electron chi connectivity index (χ1n) is 9.07. The second-order valence-corrected chi connectivity index (χ2v) is 9.67. The number of nitrogens with zero attached hydrogens (tertiary/aromatic N) is 2. The summed E-state index contributed by atoms with van der Waals surface area (Å²) in [5.41, 5.74) is 0.767. The van der Waals surface area contributed by atoms with Crippen molar-refractivity contribution in [1.29, 1.82) is 0 Å². The molecule has 1 aromatic heterocycles. The molecule has 0 saturated heterocycles. The van der Waals surface area contributed by atoms with Crippen LogP contribution in [0.1, 0.15) is 29.0 Å². The smallest absolute Gasteiger partial charge is 0.416 e. The third-order valence-electron chi connectivity index (χ3n) is 4.86. The second kappa shape index (κ2) is 8.26. The molecule has 2 aromatic carbocycles. The van der Waals surface area contributed by atoms with Gasteiger partial charge in [0.05, 0.1) is 17.1 Å². The molecule has 1 aliphatic rings. The highest BCUT2D eigenvalue weighted by molar-refractivity contribution is 14.1. The lowest BCUT2D eigenvalue weighted by Crippen LogP contribution is -2.18. The number of sulfonamides is 1. The molecule has 6 nitrogen and oxygen atoms in total. The van der Waals surface area contributed by atoms with Crippen molar-refractivity contribution in [3.63, 3.8) is 0 Å². The molecule has 1 N–H and O–H groups in total. The van der Waals surface area contributed by atoms with Gasteiger partial charge in [-0.3, -0.25) is 4.72 Å². The highest BCUT2D eigenvalue weighted by Crippen LogP contribution is 2.42. The van der Waals surface area contributed by atoms with Crippen molar-refractivity contribution >= 4 is 38.4 Å². The summed E-state index contributed by atoms with van der Waals surface area (Å²) in [5, 5.41) is 0. The maximum atomic E-state index is 13.0. The Labute approximate surface area is 190 Å². The summed E-state index contributed by atoms with van der Waals surface area (Å²) in [6.07, 6.45) is -1.20. The zero-order valence-electron chi connectivity index (χ0n) is 15.7. The molecule has 4 rings (SSSR count). The molecular weight excluding hydrogens is 546 g/mol. The Morgan fingerprint density at radius 2 is 1.87 bits per heavy atom. The molecule has 0 amide bonds. The molecule has 31 heavy (non-hydrogen) atoms. The number of alkyl halides is 3. The van der Waals surface area contributed by atoms with Crippen LogP contribution in [0.15, 0.2) is 59.9 Å². The zero-order chi connectivity index (χ0) is 22.2. The van der Waals surface area contributed by atoms with Crippen LogP contribution in [-0.2, 0) is 16.2 Å². The van der Waals surface area contributed by atoms with Gasteiger partial charge in [-0.2, -0.15) is 13.2 Å². The van der Waals surface area contributed by atoms with Crippen LogP contribution in [0.4, 0.5) is 19.0 Å². The summed E-state index contributed by atoms with van der Waals surface area (Å²) in [6.45, 7) is 0.317. The van der Waals surface area contributed by atoms with E-state index in [-0.39, 0.29) is 16.6 Å². The van der Waals surface area contributed by atoms with E-state index in [1.54, 1.807) is 6.07 Å². The van der Waals surface area contributed by atoms with Crippen molar-refractivity contribution in [3.05, 3.63) is 75.2 Å². The number of anilines is 1. The van der Waals surface area contributed by atoms with Crippen LogP contribution in [0.2, 0.25) is 0 Å². The van der Waals surface area contributed by atoms with Crippen molar-refractivity contribution in [2.75, 3.05) is 11.3 Å². The quantitative estimate of drug-likeness (QED) is 0.463. The van der Waals surface area contributed by atoms with Gasteiger partial charge in [0.15, 0.2) is 0 Å². The molecule has 1 atom stereocenters. The highest BCUT2D eigenvalue weighted by atomic mass is 127. The average molecular weight is 561 g/mol. The fourth-order valence-corrected chi connectivity index (χ4v) is 5.31. The van der Waals surface area contributed by atoms with Gasteiger partial charge < -0.3 is 4.74 Å². The monoisotopic (exact) mass is 561 g/mol. The molecule has 0 saturated carbocycles. The standard InChI is InChI=1S/C20H15F3IN3O3S/c21-20(22,23)12-1-3-15(17(24)9-12)14-6-8-30-18-10-13(2-4-16(14)18)31(28,29)27-19-5-7-25-11-26-19/h1-5,7,9-11,14H,6,8H2,(H,25,26,27)/t14-/m1/s1. The van der Waals surface area contributed by atoms with Crippen molar-refractivity contribution < 1.29 is 26.3 Å². The maximum absolute atomic E-state index is 13.0. The Bertz CT molecular complexity index is 1220. The molecule has 0 spiro atoms. The number of halogens is 4. The Morgan fingerprint density at radius 3 is 2.55 bits per heavy atom. The normalized spacial score (nSPS) is 16.3. The Hall–Kier alpha value is -2.41. The highest BCUT2D eigenvalue weighted by Gasteiger charge is 2.32. The van der Waals surface area contributed by atoms with Gasteiger partial charge in [-0.25, -0.2) is 18.4 Å². The molecule has 0 aliphatic carbocycles. The Balaban J connectivity index is 1.66. The van der Waals surface area contributed by atoms with E-state index in [9.17, 15) is 21.6 Å². The fraction of sp³-hybridized carbons (Fsp3) is 0.200. The zero-order valence-corrected chi connectivity index (χ0v) is 18.7. The minimum absolute atomic E-state index is 0.00683. The molecule has 2 heterocycles. The summed E-state index contributed by atoms with van der Waals surface area (Å²) in [5.74, 6) is 0.313. The summed E-state index contributed by atoms with van der Waals surface area (Å²) < 4.78 is 72.9. The number of benzene rings is 2. The van der Waals surface area contributed by atoms with Gasteiger partial charge in [-0.05, 0) is 58.8 Å². The molecule has 0 bridgehead atoms. The molecule has 0 fully saturated rings. The lowest BCUT2D eigenvalue weighted by atomic mass is 9.86. The van der Waals surface area contributed by atoms with E-state index < -0.39 is 21.8 Å². The average Bonchev–Trinajstić information content (AvgIpc) is 2.73. The second-order valence-electron chi connectivity index (χ2n) is 6.82. The number of ether oxygens (including phenoxy) is 1. The third kappa shape index (κ3) is 4.61. The van der Waals surface area contributed by atoms with Gasteiger partial charge in [0, 0.05) is 27.3 Å². The van der Waals surface area contributed by atoms with E-state index in [1.807, 2.05) is 22.6 Å². The van der Waals surface area contributed by atoms with Crippen LogP contribution in [0.25, 0.3) is 0 Å². The lowest BCUT2D eigenvalue weighted by molar-refractivity contribution is -0.137. The van der Waals surface area contributed by atoms with E-state index >= 15 is 0 Å². The van der Waals surface area contributed by atoms with E-state index in [0.29, 0.717) is 22.3 Å². The fourth-order valence-electron chi connectivity index (χ4n) is 3.39. The van der Waals surface area contributed by atoms with Crippen LogP contribution in [0.3, 0.4) is 0 Å². The number of hydrogen-bond acceptors (Lipinski definition) is 5. The molecule has 162 valence electrons. The number of rotatable bonds is 4. The minimum atomic E-state index is -4.41. The minimum Gasteiger partial charge on any atom is -0.493 e. The van der Waals surface area contributed by atoms with Crippen LogP contribution in [0.5, 0.6) is 5.75 Å². The Kier molecular flexibility index (Phi) is 5.81. The summed E-state index contributed by atoms with van der Waals surface area (Å²) in [6, 6.07) is 9.59. The van der Waals surface area contributed by atoms with Crippen molar-refractivity contribution in [2.24, 2.45) is 0 Å². The SMILES string of the molecule is O=S(=O)(Nc1ccncn1)c1ccc2c(c1)OCC[C@@H]2c1ccc(C(F)(F)F)cc1I. The van der Waals surface area contributed by atoms with Gasteiger partial charge in [0.25, 0.3) is 10.0 Å². The first-order valence-corrected chi connectivity index (χ1v) is 11.6. The molecule has 0 radical (unpaired) electrons. The van der Waals surface area contributed by atoms with Crippen molar-refractivity contribution in [2.45, 2.75) is 23.4 Å². The van der Waals surface area contributed by atoms with E-state index in [0.717, 1.165) is 23.3 Å². The van der Waals surface area contributed by atoms with Crippen LogP contribution >= 0.6 is 22.6 Å². The largest absolute Gasteiger partial charge is 0.493 e. The number of fused-ring (bicyclic) bond motifs is 1. The first kappa shape index (κ1) is 21.8. The van der Waals surface area contributed by atoms with Gasteiger partial charge in [-0.1, -0.05) is 12.1 Å². The summed E-state index contributed by atoms with van der Waals surface area (Å²) in [7, 11) is -3.91. The summed E-state index contributed by atoms with van der Waals surface area (Å²) >= 11 is 1.90. The maximum Gasteiger partial charge on any atom is 0.416 e. The van der Waals surface area contributed by atoms with Crippen molar-refractivity contribution in [3.8, 4) is 5.75 Å². The van der Waals surface area contributed by atoms with E-state index in [4.69, 9.17) is 4.74 Å². The van der Waals surface area contributed by atoms with E-state index in [2.05, 4.69) is 14.7 Å². The van der Waals surface area contributed by atoms with Gasteiger partial charge in [0.1, 0.15) is 17.9 Å².